The summed E-state index contributed by atoms with van der Waals surface area (Å²) >= 11 is 5.69. The Labute approximate surface area is 127 Å². The number of nitrogens with one attached hydrogen (secondary N) is 1. The van der Waals surface area contributed by atoms with Gasteiger partial charge in [0.25, 0.3) is 11.6 Å². The molecule has 0 radical (unpaired) electrons. The highest BCUT2D eigenvalue weighted by Crippen LogP contribution is 2.20. The molecule has 2 heterocycles. The maximum Gasteiger partial charge on any atom is 0.300 e. The van der Waals surface area contributed by atoms with Crippen LogP contribution in [0.2, 0.25) is 5.15 Å². The van der Waals surface area contributed by atoms with Crippen molar-refractivity contribution in [2.24, 2.45) is 0 Å². The molecule has 1 aromatic heterocycles. The molecule has 0 atom stereocenters. The average Bonchev–Trinajstić information content (AvgIpc) is 2.96. The average molecular weight is 313 g/mol. The molecule has 21 heavy (non-hydrogen) atoms. The number of hydrogen-bond donors (Lipinski definition) is 1. The minimum atomic E-state index is -0.636. The smallest absolute Gasteiger partial charge is 0.300 e. The summed E-state index contributed by atoms with van der Waals surface area (Å²) in [6.07, 6.45) is 4.28. The van der Waals surface area contributed by atoms with Crippen LogP contribution in [0.1, 0.15) is 29.6 Å². The van der Waals surface area contributed by atoms with E-state index in [0.29, 0.717) is 6.54 Å². The molecule has 1 aromatic rings. The van der Waals surface area contributed by atoms with Gasteiger partial charge < -0.3 is 10.2 Å². The summed E-state index contributed by atoms with van der Waals surface area (Å²) in [6, 6.07) is 1.22. The minimum Gasteiger partial charge on any atom is -0.352 e. The molecular weight excluding hydrogens is 296 g/mol. The maximum absolute atomic E-state index is 12.0. The highest BCUT2D eigenvalue weighted by Gasteiger charge is 2.21. The van der Waals surface area contributed by atoms with Crippen LogP contribution in [0.4, 0.5) is 5.69 Å². The van der Waals surface area contributed by atoms with E-state index in [-0.39, 0.29) is 16.4 Å². The van der Waals surface area contributed by atoms with Gasteiger partial charge in [-0.25, -0.2) is 4.98 Å². The molecule has 8 heteroatoms. The fraction of sp³-hybridized carbons (Fsp3) is 0.538. The van der Waals surface area contributed by atoms with Crippen LogP contribution in [-0.2, 0) is 0 Å². The van der Waals surface area contributed by atoms with E-state index in [4.69, 9.17) is 11.6 Å². The maximum atomic E-state index is 12.0. The van der Waals surface area contributed by atoms with Crippen LogP contribution in [0.15, 0.2) is 12.3 Å². The quantitative estimate of drug-likeness (QED) is 0.375. The first-order valence-corrected chi connectivity index (χ1v) is 7.26. The molecule has 0 spiro atoms. The SMILES string of the molecule is O=C(NCCCN1CCCC1)c1cc(Cl)ncc1[N+](=O)[O-]. The number of pyridine rings is 1. The Morgan fingerprint density at radius 1 is 1.48 bits per heavy atom. The fourth-order valence-electron chi connectivity index (χ4n) is 2.36. The molecule has 1 fully saturated rings. The van der Waals surface area contributed by atoms with Gasteiger partial charge in [-0.05, 0) is 45.0 Å². The molecule has 0 bridgehead atoms. The number of amides is 1. The zero-order valence-electron chi connectivity index (χ0n) is 11.5. The van der Waals surface area contributed by atoms with E-state index in [1.165, 1.54) is 18.9 Å². The zero-order chi connectivity index (χ0) is 15.2. The number of carbonyl (C=O) groups is 1. The summed E-state index contributed by atoms with van der Waals surface area (Å²) < 4.78 is 0. The topological polar surface area (TPSA) is 88.4 Å². The van der Waals surface area contributed by atoms with Crippen LogP contribution >= 0.6 is 11.6 Å². The van der Waals surface area contributed by atoms with Gasteiger partial charge in [-0.2, -0.15) is 0 Å². The van der Waals surface area contributed by atoms with Crippen molar-refractivity contribution >= 4 is 23.2 Å². The molecule has 0 aromatic carbocycles. The first kappa shape index (κ1) is 15.7. The molecule has 0 aliphatic carbocycles. The molecular formula is C13H17ClN4O3. The fourth-order valence-corrected chi connectivity index (χ4v) is 2.51. The van der Waals surface area contributed by atoms with Crippen molar-refractivity contribution in [2.45, 2.75) is 19.3 Å². The molecule has 1 amide bonds. The molecule has 7 nitrogen and oxygen atoms in total. The second-order valence-electron chi connectivity index (χ2n) is 4.94. The van der Waals surface area contributed by atoms with Crippen LogP contribution in [0.5, 0.6) is 0 Å². The van der Waals surface area contributed by atoms with Crippen LogP contribution in [0.25, 0.3) is 0 Å². The summed E-state index contributed by atoms with van der Waals surface area (Å²) in [4.78, 5) is 28.2. The van der Waals surface area contributed by atoms with Gasteiger partial charge >= 0.3 is 0 Å². The Morgan fingerprint density at radius 2 is 2.19 bits per heavy atom. The lowest BCUT2D eigenvalue weighted by Gasteiger charge is -2.14. The van der Waals surface area contributed by atoms with E-state index in [1.54, 1.807) is 0 Å². The predicted octanol–water partition coefficient (Wildman–Crippen LogP) is 1.86. The van der Waals surface area contributed by atoms with E-state index in [2.05, 4.69) is 15.2 Å². The Bertz CT molecular complexity index is 532. The van der Waals surface area contributed by atoms with Gasteiger partial charge in [-0.15, -0.1) is 0 Å². The summed E-state index contributed by atoms with van der Waals surface area (Å²) in [5, 5.41) is 13.6. The van der Waals surface area contributed by atoms with Crippen LogP contribution < -0.4 is 5.32 Å². The largest absolute Gasteiger partial charge is 0.352 e. The van der Waals surface area contributed by atoms with Gasteiger partial charge in [0.1, 0.15) is 16.9 Å². The Balaban J connectivity index is 1.87. The van der Waals surface area contributed by atoms with Gasteiger partial charge in [-0.3, -0.25) is 14.9 Å². The highest BCUT2D eigenvalue weighted by molar-refractivity contribution is 6.29. The standard InChI is InChI=1S/C13H17ClN4O3/c14-12-8-10(11(9-16-12)18(20)21)13(19)15-4-3-7-17-5-1-2-6-17/h8-9H,1-7H2,(H,15,19). The lowest BCUT2D eigenvalue weighted by molar-refractivity contribution is -0.385. The third kappa shape index (κ3) is 4.37. The van der Waals surface area contributed by atoms with Crippen molar-refractivity contribution in [1.82, 2.24) is 15.2 Å². The van der Waals surface area contributed by atoms with Gasteiger partial charge in [0.2, 0.25) is 0 Å². The number of rotatable bonds is 6. The lowest BCUT2D eigenvalue weighted by Crippen LogP contribution is -2.29. The molecule has 1 aliphatic rings. The van der Waals surface area contributed by atoms with Crippen molar-refractivity contribution in [3.05, 3.63) is 33.1 Å². The summed E-state index contributed by atoms with van der Waals surface area (Å²) in [6.45, 7) is 3.63. The number of nitrogens with zero attached hydrogens (tertiary/aromatic N) is 3. The first-order valence-electron chi connectivity index (χ1n) is 6.88. The third-order valence-electron chi connectivity index (χ3n) is 3.43. The Hall–Kier alpha value is -1.73. The van der Waals surface area contributed by atoms with Crippen molar-refractivity contribution in [2.75, 3.05) is 26.2 Å². The second-order valence-corrected chi connectivity index (χ2v) is 5.33. The van der Waals surface area contributed by atoms with E-state index >= 15 is 0 Å². The van der Waals surface area contributed by atoms with E-state index in [9.17, 15) is 14.9 Å². The van der Waals surface area contributed by atoms with Gasteiger partial charge in [0.05, 0.1) is 4.92 Å². The van der Waals surface area contributed by atoms with E-state index in [1.807, 2.05) is 0 Å². The van der Waals surface area contributed by atoms with Crippen molar-refractivity contribution in [3.63, 3.8) is 0 Å². The van der Waals surface area contributed by atoms with E-state index < -0.39 is 10.8 Å². The van der Waals surface area contributed by atoms with Crippen LogP contribution in [0, 0.1) is 10.1 Å². The second kappa shape index (κ2) is 7.33. The molecule has 2 rings (SSSR count). The molecule has 1 N–H and O–H groups in total. The number of aromatic nitrogens is 1. The van der Waals surface area contributed by atoms with Crippen molar-refractivity contribution in [3.8, 4) is 0 Å². The Morgan fingerprint density at radius 3 is 2.86 bits per heavy atom. The van der Waals surface area contributed by atoms with Gasteiger partial charge in [-0.1, -0.05) is 11.6 Å². The Kier molecular flexibility index (Phi) is 5.46. The monoisotopic (exact) mass is 312 g/mol. The third-order valence-corrected chi connectivity index (χ3v) is 3.63. The normalized spacial score (nSPS) is 15.1. The lowest BCUT2D eigenvalue weighted by atomic mass is 10.2. The number of halogens is 1. The summed E-state index contributed by atoms with van der Waals surface area (Å²) in [7, 11) is 0. The highest BCUT2D eigenvalue weighted by atomic mass is 35.5. The first-order chi connectivity index (χ1) is 10.1. The zero-order valence-corrected chi connectivity index (χ0v) is 12.3. The van der Waals surface area contributed by atoms with Crippen LogP contribution in [-0.4, -0.2) is 46.9 Å². The van der Waals surface area contributed by atoms with Crippen LogP contribution in [0.3, 0.4) is 0 Å². The molecule has 114 valence electrons. The van der Waals surface area contributed by atoms with Crippen molar-refractivity contribution in [1.29, 1.82) is 0 Å². The predicted molar refractivity (Wildman–Crippen MR) is 78.5 cm³/mol. The number of hydrogen-bond acceptors (Lipinski definition) is 5. The molecule has 0 unspecified atom stereocenters. The minimum absolute atomic E-state index is 0.0545. The van der Waals surface area contributed by atoms with Gasteiger partial charge in [0, 0.05) is 6.54 Å². The van der Waals surface area contributed by atoms with Crippen molar-refractivity contribution < 1.29 is 9.72 Å². The summed E-state index contributed by atoms with van der Waals surface area (Å²) in [5.74, 6) is -0.493. The number of likely N-dealkylation sites (tertiary alicyclic amines) is 1. The molecule has 1 aliphatic heterocycles. The molecule has 1 saturated heterocycles. The van der Waals surface area contributed by atoms with E-state index in [0.717, 1.165) is 32.3 Å². The molecule has 0 saturated carbocycles. The number of nitro groups is 1. The number of carbonyl (C=O) groups excluding carboxylic acids is 1. The van der Waals surface area contributed by atoms with Gasteiger partial charge in [0.15, 0.2) is 0 Å². The summed E-state index contributed by atoms with van der Waals surface area (Å²) in [5.41, 5.74) is -0.391.